The van der Waals surface area contributed by atoms with Crippen molar-refractivity contribution in [2.75, 3.05) is 0 Å². The predicted octanol–water partition coefficient (Wildman–Crippen LogP) is 2.24. The highest BCUT2D eigenvalue weighted by Gasteiger charge is 2.37. The largest absolute Gasteiger partial charge is 0.444 e. The summed E-state index contributed by atoms with van der Waals surface area (Å²) < 4.78 is 5.25. The number of aliphatic hydroxyl groups is 1. The third-order valence-electron chi connectivity index (χ3n) is 2.82. The van der Waals surface area contributed by atoms with Crippen molar-refractivity contribution in [2.24, 2.45) is 0 Å². The SMILES string of the molecule is CCCC[C@@H]1C(=O)C=C[C@H](O)N1C(=O)OC(C)(C)C. The molecule has 1 rings (SSSR count). The lowest BCUT2D eigenvalue weighted by Gasteiger charge is -2.36. The molecular weight excluding hydrogens is 246 g/mol. The maximum atomic E-state index is 12.1. The second-order valence-electron chi connectivity index (χ2n) is 5.72. The van der Waals surface area contributed by atoms with E-state index in [1.165, 1.54) is 12.2 Å². The minimum Gasteiger partial charge on any atom is -0.444 e. The number of carbonyl (C=O) groups is 2. The van der Waals surface area contributed by atoms with E-state index >= 15 is 0 Å². The van der Waals surface area contributed by atoms with Gasteiger partial charge in [-0.3, -0.25) is 9.69 Å². The summed E-state index contributed by atoms with van der Waals surface area (Å²) in [5.41, 5.74) is -0.656. The number of carbonyl (C=O) groups excluding carboxylic acids is 2. The number of hydrogen-bond acceptors (Lipinski definition) is 4. The molecule has 0 unspecified atom stereocenters. The van der Waals surface area contributed by atoms with E-state index < -0.39 is 24.0 Å². The van der Waals surface area contributed by atoms with Crippen LogP contribution < -0.4 is 0 Å². The topological polar surface area (TPSA) is 66.8 Å². The van der Waals surface area contributed by atoms with Gasteiger partial charge in [-0.25, -0.2) is 4.79 Å². The van der Waals surface area contributed by atoms with Crippen molar-refractivity contribution in [2.45, 2.75) is 64.8 Å². The van der Waals surface area contributed by atoms with Gasteiger partial charge in [-0.1, -0.05) is 19.8 Å². The molecule has 0 aromatic heterocycles. The summed E-state index contributed by atoms with van der Waals surface area (Å²) in [6.07, 6.45) is 3.17. The molecule has 0 aromatic rings. The minimum absolute atomic E-state index is 0.162. The molecule has 1 amide bonds. The zero-order valence-electron chi connectivity index (χ0n) is 12.0. The number of amides is 1. The Morgan fingerprint density at radius 2 is 2.11 bits per heavy atom. The molecule has 0 aliphatic carbocycles. The first kappa shape index (κ1) is 15.7. The van der Waals surface area contributed by atoms with E-state index in [2.05, 4.69) is 0 Å². The first-order chi connectivity index (χ1) is 8.76. The number of unbranched alkanes of at least 4 members (excludes halogenated alkanes) is 1. The number of rotatable bonds is 3. The second-order valence-corrected chi connectivity index (χ2v) is 5.72. The van der Waals surface area contributed by atoms with Crippen LogP contribution in [-0.2, 0) is 9.53 Å². The molecule has 0 saturated carbocycles. The van der Waals surface area contributed by atoms with Crippen LogP contribution in [0.25, 0.3) is 0 Å². The van der Waals surface area contributed by atoms with Crippen LogP contribution in [0.2, 0.25) is 0 Å². The summed E-state index contributed by atoms with van der Waals surface area (Å²) in [5.74, 6) is -0.162. The summed E-state index contributed by atoms with van der Waals surface area (Å²) in [6, 6.07) is -0.630. The van der Waals surface area contributed by atoms with Crippen molar-refractivity contribution in [1.29, 1.82) is 0 Å². The van der Waals surface area contributed by atoms with Crippen molar-refractivity contribution >= 4 is 11.9 Å². The van der Waals surface area contributed by atoms with Crippen molar-refractivity contribution in [3.05, 3.63) is 12.2 Å². The molecule has 1 N–H and O–H groups in total. The number of ketones is 1. The van der Waals surface area contributed by atoms with Crippen LogP contribution in [0.15, 0.2) is 12.2 Å². The third-order valence-corrected chi connectivity index (χ3v) is 2.82. The van der Waals surface area contributed by atoms with E-state index in [9.17, 15) is 14.7 Å². The normalized spacial score (nSPS) is 23.6. The molecule has 108 valence electrons. The van der Waals surface area contributed by atoms with Gasteiger partial charge in [0.2, 0.25) is 0 Å². The molecule has 2 atom stereocenters. The van der Waals surface area contributed by atoms with Crippen LogP contribution in [0.1, 0.15) is 47.0 Å². The predicted molar refractivity (Wildman–Crippen MR) is 71.5 cm³/mol. The molecular formula is C14H23NO4. The van der Waals surface area contributed by atoms with Gasteiger partial charge in [0.15, 0.2) is 12.0 Å². The quantitative estimate of drug-likeness (QED) is 0.853. The van der Waals surface area contributed by atoms with Crippen LogP contribution in [0, 0.1) is 0 Å². The maximum Gasteiger partial charge on any atom is 0.413 e. The average molecular weight is 269 g/mol. The summed E-state index contributed by atoms with van der Waals surface area (Å²) >= 11 is 0. The standard InChI is InChI=1S/C14H23NO4/c1-5-6-7-10-11(16)8-9-12(17)15(10)13(18)19-14(2,3)4/h8-10,12,17H,5-7H2,1-4H3/t10-,12+/m1/s1. The lowest BCUT2D eigenvalue weighted by atomic mass is 10.00. The Balaban J connectivity index is 2.88. The fraction of sp³-hybridized carbons (Fsp3) is 0.714. The van der Waals surface area contributed by atoms with Gasteiger partial charge in [-0.15, -0.1) is 0 Å². The average Bonchev–Trinajstić information content (AvgIpc) is 2.27. The Bertz CT molecular complexity index is 370. The molecule has 1 aliphatic heterocycles. The van der Waals surface area contributed by atoms with Crippen LogP contribution in [0.3, 0.4) is 0 Å². The Morgan fingerprint density at radius 1 is 1.47 bits per heavy atom. The van der Waals surface area contributed by atoms with Crippen molar-refractivity contribution in [3.63, 3.8) is 0 Å². The molecule has 1 heterocycles. The Hall–Kier alpha value is -1.36. The summed E-state index contributed by atoms with van der Waals surface area (Å²) in [6.45, 7) is 7.26. The van der Waals surface area contributed by atoms with Gasteiger partial charge in [0.05, 0.1) is 0 Å². The molecule has 1 aliphatic rings. The van der Waals surface area contributed by atoms with Gasteiger partial charge >= 0.3 is 6.09 Å². The van der Waals surface area contributed by atoms with E-state index in [0.717, 1.165) is 17.7 Å². The molecule has 5 heteroatoms. The number of nitrogens with zero attached hydrogens (tertiary/aromatic N) is 1. The number of aliphatic hydroxyl groups excluding tert-OH is 1. The zero-order valence-corrected chi connectivity index (χ0v) is 12.0. The summed E-state index contributed by atoms with van der Waals surface area (Å²) in [7, 11) is 0. The summed E-state index contributed by atoms with van der Waals surface area (Å²) in [4.78, 5) is 25.1. The molecule has 0 saturated heterocycles. The van der Waals surface area contributed by atoms with Gasteiger partial charge in [-0.2, -0.15) is 0 Å². The smallest absolute Gasteiger partial charge is 0.413 e. The van der Waals surface area contributed by atoms with Gasteiger partial charge in [-0.05, 0) is 39.3 Å². The van der Waals surface area contributed by atoms with E-state index in [0.29, 0.717) is 6.42 Å². The first-order valence-corrected chi connectivity index (χ1v) is 6.67. The monoisotopic (exact) mass is 269 g/mol. The number of ether oxygens (including phenoxy) is 1. The van der Waals surface area contributed by atoms with Crippen LogP contribution in [0.4, 0.5) is 4.79 Å². The van der Waals surface area contributed by atoms with Gasteiger partial charge in [0, 0.05) is 0 Å². The fourth-order valence-corrected chi connectivity index (χ4v) is 1.93. The van der Waals surface area contributed by atoms with E-state index in [4.69, 9.17) is 4.74 Å². The lowest BCUT2D eigenvalue weighted by Crippen LogP contribution is -2.53. The van der Waals surface area contributed by atoms with Crippen LogP contribution in [-0.4, -0.2) is 39.8 Å². The maximum absolute atomic E-state index is 12.1. The van der Waals surface area contributed by atoms with Gasteiger partial charge in [0.1, 0.15) is 11.6 Å². The molecule has 0 radical (unpaired) electrons. The highest BCUT2D eigenvalue weighted by Crippen LogP contribution is 2.21. The van der Waals surface area contributed by atoms with Crippen molar-refractivity contribution in [3.8, 4) is 0 Å². The lowest BCUT2D eigenvalue weighted by molar-refractivity contribution is -0.125. The molecule has 0 aromatic carbocycles. The zero-order chi connectivity index (χ0) is 14.6. The number of hydrogen-bond donors (Lipinski definition) is 1. The Morgan fingerprint density at radius 3 is 2.63 bits per heavy atom. The fourth-order valence-electron chi connectivity index (χ4n) is 1.93. The Labute approximate surface area is 114 Å². The molecule has 0 spiro atoms. The van der Waals surface area contributed by atoms with Crippen molar-refractivity contribution < 1.29 is 19.4 Å². The van der Waals surface area contributed by atoms with Crippen LogP contribution >= 0.6 is 0 Å². The highest BCUT2D eigenvalue weighted by molar-refractivity contribution is 5.97. The third kappa shape index (κ3) is 4.35. The minimum atomic E-state index is -1.10. The Kier molecular flexibility index (Phi) is 5.11. The summed E-state index contributed by atoms with van der Waals surface area (Å²) in [5, 5.41) is 9.91. The van der Waals surface area contributed by atoms with Gasteiger partial charge < -0.3 is 9.84 Å². The highest BCUT2D eigenvalue weighted by atomic mass is 16.6. The molecule has 0 bridgehead atoms. The van der Waals surface area contributed by atoms with E-state index in [1.54, 1.807) is 20.8 Å². The van der Waals surface area contributed by atoms with Crippen molar-refractivity contribution in [1.82, 2.24) is 4.90 Å². The molecule has 0 fully saturated rings. The van der Waals surface area contributed by atoms with E-state index in [-0.39, 0.29) is 5.78 Å². The molecule has 5 nitrogen and oxygen atoms in total. The van der Waals surface area contributed by atoms with Gasteiger partial charge in [0.25, 0.3) is 0 Å². The van der Waals surface area contributed by atoms with Crippen LogP contribution in [0.5, 0.6) is 0 Å². The second kappa shape index (κ2) is 6.19. The van der Waals surface area contributed by atoms with E-state index in [1.807, 2.05) is 6.92 Å². The molecule has 19 heavy (non-hydrogen) atoms. The first-order valence-electron chi connectivity index (χ1n) is 6.67.